The van der Waals surface area contributed by atoms with Crippen molar-refractivity contribution in [3.63, 3.8) is 0 Å². The van der Waals surface area contributed by atoms with E-state index in [1.165, 1.54) is 16.9 Å². The molecule has 2 rings (SSSR count). The van der Waals surface area contributed by atoms with Gasteiger partial charge in [-0.1, -0.05) is 0 Å². The summed E-state index contributed by atoms with van der Waals surface area (Å²) in [7, 11) is -2.51. The van der Waals surface area contributed by atoms with Crippen molar-refractivity contribution in [2.24, 2.45) is 0 Å². The molecule has 0 spiro atoms. The lowest BCUT2D eigenvalue weighted by atomic mass is 10.3. The zero-order valence-electron chi connectivity index (χ0n) is 10.6. The molecule has 1 N–H and O–H groups in total. The number of rotatable bonds is 3. The number of sulfonamides is 1. The number of nitrogens with zero attached hydrogens (tertiary/aromatic N) is 2. The summed E-state index contributed by atoms with van der Waals surface area (Å²) in [6, 6.07) is -0.161. The summed E-state index contributed by atoms with van der Waals surface area (Å²) < 4.78 is 31.0. The molecule has 7 nitrogen and oxygen atoms in total. The van der Waals surface area contributed by atoms with Gasteiger partial charge in [0.05, 0.1) is 12.6 Å². The molecule has 0 aromatic carbocycles. The molecule has 1 aromatic heterocycles. The fraction of sp³-hybridized carbons (Fsp3) is 0.600. The van der Waals surface area contributed by atoms with Gasteiger partial charge in [-0.15, -0.1) is 11.3 Å². The molecular weight excluding hydrogens is 290 g/mol. The van der Waals surface area contributed by atoms with Crippen LogP contribution in [0.2, 0.25) is 0 Å². The number of carbonyl (C=O) groups is 1. The Morgan fingerprint density at radius 2 is 2.37 bits per heavy atom. The standard InChI is InChI=1S/C10H15N3O4S2/c1-7-5-11-3-4-13(7)19(15,16)10-8(9(14)17-2)12-6-18-10/h6-7,11H,3-5H2,1-2H3. The second-order valence-corrected chi connectivity index (χ2v) is 7.09. The smallest absolute Gasteiger partial charge is 0.358 e. The van der Waals surface area contributed by atoms with E-state index in [9.17, 15) is 13.2 Å². The van der Waals surface area contributed by atoms with Gasteiger partial charge < -0.3 is 10.1 Å². The van der Waals surface area contributed by atoms with E-state index >= 15 is 0 Å². The number of piperazine rings is 1. The van der Waals surface area contributed by atoms with E-state index < -0.39 is 16.0 Å². The van der Waals surface area contributed by atoms with Crippen LogP contribution in [0.5, 0.6) is 0 Å². The van der Waals surface area contributed by atoms with Gasteiger partial charge in [-0.2, -0.15) is 4.31 Å². The van der Waals surface area contributed by atoms with E-state index in [2.05, 4.69) is 15.0 Å². The minimum atomic E-state index is -3.71. The minimum Gasteiger partial charge on any atom is -0.464 e. The number of carbonyl (C=O) groups excluding carboxylic acids is 1. The lowest BCUT2D eigenvalue weighted by Crippen LogP contribution is -2.52. The second-order valence-electron chi connectivity index (χ2n) is 4.15. The number of nitrogens with one attached hydrogen (secondary N) is 1. The monoisotopic (exact) mass is 305 g/mol. The van der Waals surface area contributed by atoms with E-state index in [0.29, 0.717) is 19.6 Å². The zero-order chi connectivity index (χ0) is 14.0. The second kappa shape index (κ2) is 5.53. The van der Waals surface area contributed by atoms with Crippen LogP contribution < -0.4 is 5.32 Å². The lowest BCUT2D eigenvalue weighted by molar-refractivity contribution is 0.0590. The SMILES string of the molecule is COC(=O)c1ncsc1S(=O)(=O)N1CCNCC1C. The maximum atomic E-state index is 12.6. The van der Waals surface area contributed by atoms with Crippen LogP contribution in [0.4, 0.5) is 0 Å². The molecular formula is C10H15N3O4S2. The van der Waals surface area contributed by atoms with Crippen molar-refractivity contribution >= 4 is 27.3 Å². The highest BCUT2D eigenvalue weighted by Gasteiger charge is 2.35. The lowest BCUT2D eigenvalue weighted by Gasteiger charge is -2.32. The van der Waals surface area contributed by atoms with E-state index in [1.807, 2.05) is 6.92 Å². The maximum Gasteiger partial charge on any atom is 0.358 e. The summed E-state index contributed by atoms with van der Waals surface area (Å²) in [5, 5.41) is 3.12. The Hall–Kier alpha value is -1.03. The largest absolute Gasteiger partial charge is 0.464 e. The third kappa shape index (κ3) is 2.64. The molecule has 0 radical (unpaired) electrons. The van der Waals surface area contributed by atoms with Gasteiger partial charge >= 0.3 is 5.97 Å². The van der Waals surface area contributed by atoms with Crippen LogP contribution in [0.3, 0.4) is 0 Å². The van der Waals surface area contributed by atoms with Gasteiger partial charge in [-0.05, 0) is 6.92 Å². The molecule has 0 aliphatic carbocycles. The van der Waals surface area contributed by atoms with Crippen molar-refractivity contribution in [3.05, 3.63) is 11.2 Å². The molecule has 9 heteroatoms. The first kappa shape index (κ1) is 14.4. The molecule has 106 valence electrons. The minimum absolute atomic E-state index is 0.0481. The van der Waals surface area contributed by atoms with E-state index in [1.54, 1.807) is 0 Å². The highest BCUT2D eigenvalue weighted by molar-refractivity contribution is 7.91. The summed E-state index contributed by atoms with van der Waals surface area (Å²) in [5.74, 6) is -0.734. The first-order chi connectivity index (χ1) is 8.98. The molecule has 0 amide bonds. The fourth-order valence-electron chi connectivity index (χ4n) is 1.94. The van der Waals surface area contributed by atoms with Crippen LogP contribution in [-0.2, 0) is 14.8 Å². The van der Waals surface area contributed by atoms with Crippen molar-refractivity contribution in [3.8, 4) is 0 Å². The number of esters is 1. The number of thiazole rings is 1. The van der Waals surface area contributed by atoms with Gasteiger partial charge in [0, 0.05) is 25.7 Å². The van der Waals surface area contributed by atoms with Gasteiger partial charge in [-0.25, -0.2) is 18.2 Å². The maximum absolute atomic E-state index is 12.6. The van der Waals surface area contributed by atoms with Crippen molar-refractivity contribution in [2.45, 2.75) is 17.2 Å². The topological polar surface area (TPSA) is 88.6 Å². The predicted octanol–water partition coefficient (Wildman–Crippen LogP) is -0.0879. The van der Waals surface area contributed by atoms with Gasteiger partial charge in [-0.3, -0.25) is 0 Å². The summed E-state index contributed by atoms with van der Waals surface area (Å²) >= 11 is 0.934. The molecule has 2 heterocycles. The Kier molecular flexibility index (Phi) is 4.19. The summed E-state index contributed by atoms with van der Waals surface area (Å²) in [6.45, 7) is 3.38. The average molecular weight is 305 g/mol. The number of methoxy groups -OCH3 is 1. The van der Waals surface area contributed by atoms with Gasteiger partial charge in [0.15, 0.2) is 9.90 Å². The van der Waals surface area contributed by atoms with Crippen LogP contribution in [0.25, 0.3) is 0 Å². The van der Waals surface area contributed by atoms with Crippen molar-refractivity contribution in [1.82, 2.24) is 14.6 Å². The van der Waals surface area contributed by atoms with Crippen LogP contribution >= 0.6 is 11.3 Å². The Labute approximate surface area is 115 Å². The van der Waals surface area contributed by atoms with Gasteiger partial charge in [0.2, 0.25) is 0 Å². The molecule has 1 aliphatic rings. The number of aromatic nitrogens is 1. The van der Waals surface area contributed by atoms with Gasteiger partial charge in [0.25, 0.3) is 10.0 Å². The van der Waals surface area contributed by atoms with E-state index in [-0.39, 0.29) is 15.9 Å². The van der Waals surface area contributed by atoms with Crippen LogP contribution in [0.15, 0.2) is 9.72 Å². The predicted molar refractivity (Wildman–Crippen MR) is 69.7 cm³/mol. The average Bonchev–Trinajstić information content (AvgIpc) is 2.88. The van der Waals surface area contributed by atoms with Crippen LogP contribution in [0, 0.1) is 0 Å². The van der Waals surface area contributed by atoms with Crippen molar-refractivity contribution in [2.75, 3.05) is 26.7 Å². The molecule has 1 unspecified atom stereocenters. The number of ether oxygens (including phenoxy) is 1. The third-order valence-electron chi connectivity index (χ3n) is 2.90. The zero-order valence-corrected chi connectivity index (χ0v) is 12.3. The van der Waals surface area contributed by atoms with Gasteiger partial charge in [0.1, 0.15) is 0 Å². The Morgan fingerprint density at radius 3 is 3.00 bits per heavy atom. The quantitative estimate of drug-likeness (QED) is 0.785. The molecule has 1 saturated heterocycles. The molecule has 1 fully saturated rings. The molecule has 0 bridgehead atoms. The molecule has 1 aromatic rings. The summed E-state index contributed by atoms with van der Waals surface area (Å²) in [6.07, 6.45) is 0. The van der Waals surface area contributed by atoms with Crippen LogP contribution in [-0.4, -0.2) is 56.5 Å². The summed E-state index contributed by atoms with van der Waals surface area (Å²) in [4.78, 5) is 15.3. The molecule has 1 aliphatic heterocycles. The fourth-order valence-corrected chi connectivity index (χ4v) is 4.81. The van der Waals surface area contributed by atoms with E-state index in [0.717, 1.165) is 11.3 Å². The summed E-state index contributed by atoms with van der Waals surface area (Å²) in [5.41, 5.74) is 1.20. The van der Waals surface area contributed by atoms with Crippen LogP contribution in [0.1, 0.15) is 17.4 Å². The molecule has 0 saturated carbocycles. The highest BCUT2D eigenvalue weighted by atomic mass is 32.2. The molecule has 19 heavy (non-hydrogen) atoms. The molecule has 1 atom stereocenters. The first-order valence-electron chi connectivity index (χ1n) is 5.73. The Morgan fingerprint density at radius 1 is 1.63 bits per heavy atom. The number of hydrogen-bond acceptors (Lipinski definition) is 7. The Balaban J connectivity index is 2.39. The third-order valence-corrected chi connectivity index (χ3v) is 6.26. The van der Waals surface area contributed by atoms with Crippen molar-refractivity contribution in [1.29, 1.82) is 0 Å². The normalized spacial score (nSPS) is 21.3. The Bertz CT molecular complexity index is 569. The van der Waals surface area contributed by atoms with Crippen molar-refractivity contribution < 1.29 is 17.9 Å². The number of hydrogen-bond donors (Lipinski definition) is 1. The highest BCUT2D eigenvalue weighted by Crippen LogP contribution is 2.26. The van der Waals surface area contributed by atoms with E-state index in [4.69, 9.17) is 0 Å². The first-order valence-corrected chi connectivity index (χ1v) is 8.05.